The smallest absolute Gasteiger partial charge is 0.221 e. The summed E-state index contributed by atoms with van der Waals surface area (Å²) < 4.78 is 5.61. The zero-order valence-electron chi connectivity index (χ0n) is 15.0. The number of carbonyl (C=O) groups is 1. The molecule has 0 atom stereocenters. The van der Waals surface area contributed by atoms with Gasteiger partial charge in [-0.3, -0.25) is 9.79 Å². The number of guanidine groups is 1. The van der Waals surface area contributed by atoms with Crippen LogP contribution in [0.5, 0.6) is 0 Å². The highest BCUT2D eigenvalue weighted by Crippen LogP contribution is 2.28. The second-order valence-electron chi connectivity index (χ2n) is 6.11. The van der Waals surface area contributed by atoms with E-state index in [0.717, 1.165) is 49.3 Å². The summed E-state index contributed by atoms with van der Waals surface area (Å²) in [7, 11) is 1.76. The van der Waals surface area contributed by atoms with Crippen molar-refractivity contribution >= 4 is 41.5 Å². The Kier molecular flexibility index (Phi) is 10.5. The number of hydrogen-bond acceptors (Lipinski definition) is 3. The second-order valence-corrected chi connectivity index (χ2v) is 6.11. The van der Waals surface area contributed by atoms with E-state index >= 15 is 0 Å². The molecule has 1 aromatic rings. The number of amides is 1. The number of nitrogens with zero attached hydrogens (tertiary/aromatic N) is 1. The molecule has 0 unspecified atom stereocenters. The molecule has 0 aromatic heterocycles. The van der Waals surface area contributed by atoms with Gasteiger partial charge in [-0.1, -0.05) is 12.1 Å². The second kappa shape index (κ2) is 12.1. The van der Waals surface area contributed by atoms with Gasteiger partial charge in [0.1, 0.15) is 0 Å². The summed E-state index contributed by atoms with van der Waals surface area (Å²) in [6.45, 7) is 4.68. The fraction of sp³-hybridized carbons (Fsp3) is 0.556. The van der Waals surface area contributed by atoms with Gasteiger partial charge in [0.05, 0.1) is 0 Å². The number of hydrogen-bond donors (Lipinski definition) is 3. The molecule has 140 valence electrons. The quantitative estimate of drug-likeness (QED) is 0.229. The summed E-state index contributed by atoms with van der Waals surface area (Å²) in [6, 6.07) is 7.76. The summed E-state index contributed by atoms with van der Waals surface area (Å²) in [5, 5.41) is 9.34. The Bertz CT molecular complexity index is 562. The highest BCUT2D eigenvalue weighted by molar-refractivity contribution is 14.0. The molecule has 1 aliphatic rings. The van der Waals surface area contributed by atoms with Crippen LogP contribution in [0, 0.1) is 5.92 Å². The Hall–Kier alpha value is -1.35. The van der Waals surface area contributed by atoms with Gasteiger partial charge in [-0.2, -0.15) is 0 Å². The lowest BCUT2D eigenvalue weighted by molar-refractivity contribution is -0.114. The predicted molar refractivity (Wildman–Crippen MR) is 113 cm³/mol. The molecular weight excluding hydrogens is 431 g/mol. The molecule has 0 spiro atoms. The third-order valence-electron chi connectivity index (χ3n) is 3.74. The Morgan fingerprint density at radius 3 is 2.80 bits per heavy atom. The predicted octanol–water partition coefficient (Wildman–Crippen LogP) is 2.74. The third kappa shape index (κ3) is 9.64. The van der Waals surface area contributed by atoms with Crippen LogP contribution in [-0.4, -0.2) is 38.7 Å². The maximum atomic E-state index is 11.1. The van der Waals surface area contributed by atoms with Gasteiger partial charge in [-0.25, -0.2) is 0 Å². The monoisotopic (exact) mass is 460 g/mol. The molecule has 1 fully saturated rings. The van der Waals surface area contributed by atoms with Gasteiger partial charge in [-0.05, 0) is 42.9 Å². The molecule has 0 radical (unpaired) electrons. The van der Waals surface area contributed by atoms with Gasteiger partial charge >= 0.3 is 0 Å². The van der Waals surface area contributed by atoms with Crippen molar-refractivity contribution in [1.82, 2.24) is 10.6 Å². The summed E-state index contributed by atoms with van der Waals surface area (Å²) in [4.78, 5) is 15.3. The maximum Gasteiger partial charge on any atom is 0.221 e. The van der Waals surface area contributed by atoms with Crippen molar-refractivity contribution < 1.29 is 9.53 Å². The molecular formula is C18H29IN4O2. The van der Waals surface area contributed by atoms with E-state index < -0.39 is 0 Å². The Morgan fingerprint density at radius 1 is 1.32 bits per heavy atom. The molecule has 7 heteroatoms. The van der Waals surface area contributed by atoms with Crippen LogP contribution in [0.1, 0.15) is 31.7 Å². The Labute approximate surface area is 167 Å². The van der Waals surface area contributed by atoms with Crippen molar-refractivity contribution in [2.24, 2.45) is 10.9 Å². The van der Waals surface area contributed by atoms with Crippen LogP contribution in [-0.2, 0) is 16.1 Å². The molecule has 0 saturated heterocycles. The van der Waals surface area contributed by atoms with Crippen molar-refractivity contribution in [3.05, 3.63) is 29.8 Å². The first kappa shape index (κ1) is 21.7. The summed E-state index contributed by atoms with van der Waals surface area (Å²) >= 11 is 0. The summed E-state index contributed by atoms with van der Waals surface area (Å²) in [5.74, 6) is 1.52. The van der Waals surface area contributed by atoms with E-state index in [2.05, 4.69) is 20.9 Å². The average Bonchev–Trinajstić information content (AvgIpc) is 3.37. The first-order valence-corrected chi connectivity index (χ1v) is 8.56. The zero-order valence-corrected chi connectivity index (χ0v) is 17.3. The van der Waals surface area contributed by atoms with E-state index in [-0.39, 0.29) is 29.9 Å². The van der Waals surface area contributed by atoms with Gasteiger partial charge in [0, 0.05) is 46.0 Å². The SMILES string of the molecule is CN=C(NCCCOCC1CC1)NCc1cccc(NC(C)=O)c1.I. The van der Waals surface area contributed by atoms with E-state index in [1.54, 1.807) is 7.05 Å². The van der Waals surface area contributed by atoms with Crippen molar-refractivity contribution in [1.29, 1.82) is 0 Å². The fourth-order valence-corrected chi connectivity index (χ4v) is 2.28. The van der Waals surface area contributed by atoms with E-state index in [0.29, 0.717) is 6.54 Å². The Balaban J connectivity index is 0.00000312. The van der Waals surface area contributed by atoms with Gasteiger partial charge in [0.2, 0.25) is 5.91 Å². The van der Waals surface area contributed by atoms with E-state index in [1.807, 2.05) is 24.3 Å². The lowest BCUT2D eigenvalue weighted by Gasteiger charge is -2.12. The number of anilines is 1. The van der Waals surface area contributed by atoms with Gasteiger partial charge in [-0.15, -0.1) is 24.0 Å². The fourth-order valence-electron chi connectivity index (χ4n) is 2.28. The number of benzene rings is 1. The van der Waals surface area contributed by atoms with Crippen molar-refractivity contribution in [2.75, 3.05) is 32.1 Å². The van der Waals surface area contributed by atoms with Crippen LogP contribution in [0.4, 0.5) is 5.69 Å². The zero-order chi connectivity index (χ0) is 17.2. The number of ether oxygens (including phenoxy) is 1. The van der Waals surface area contributed by atoms with Crippen molar-refractivity contribution in [2.45, 2.75) is 32.7 Å². The first-order chi connectivity index (χ1) is 11.7. The van der Waals surface area contributed by atoms with Crippen molar-refractivity contribution in [3.63, 3.8) is 0 Å². The highest BCUT2D eigenvalue weighted by Gasteiger charge is 2.20. The average molecular weight is 460 g/mol. The largest absolute Gasteiger partial charge is 0.381 e. The summed E-state index contributed by atoms with van der Waals surface area (Å²) in [5.41, 5.74) is 1.88. The maximum absolute atomic E-state index is 11.1. The molecule has 0 aliphatic heterocycles. The van der Waals surface area contributed by atoms with Crippen LogP contribution >= 0.6 is 24.0 Å². The number of carbonyl (C=O) groups excluding carboxylic acids is 1. The van der Waals surface area contributed by atoms with E-state index in [9.17, 15) is 4.79 Å². The van der Waals surface area contributed by atoms with Crippen molar-refractivity contribution in [3.8, 4) is 0 Å². The number of rotatable bonds is 9. The molecule has 6 nitrogen and oxygen atoms in total. The minimum atomic E-state index is -0.0681. The highest BCUT2D eigenvalue weighted by atomic mass is 127. The Morgan fingerprint density at radius 2 is 2.12 bits per heavy atom. The number of halogens is 1. The molecule has 3 N–H and O–H groups in total. The first-order valence-electron chi connectivity index (χ1n) is 8.56. The van der Waals surface area contributed by atoms with Gasteiger partial charge in [0.15, 0.2) is 5.96 Å². The molecule has 25 heavy (non-hydrogen) atoms. The molecule has 1 aliphatic carbocycles. The molecule has 0 bridgehead atoms. The van der Waals surface area contributed by atoms with Crippen LogP contribution in [0.2, 0.25) is 0 Å². The normalized spacial score (nSPS) is 13.8. The number of nitrogens with one attached hydrogen (secondary N) is 3. The molecule has 0 heterocycles. The van der Waals surface area contributed by atoms with Gasteiger partial charge in [0.25, 0.3) is 0 Å². The van der Waals surface area contributed by atoms with Crippen LogP contribution < -0.4 is 16.0 Å². The minimum absolute atomic E-state index is 0. The molecule has 1 amide bonds. The lowest BCUT2D eigenvalue weighted by atomic mass is 10.2. The standard InChI is InChI=1S/C18H28N4O2.HI/c1-14(23)22-17-6-3-5-16(11-17)12-21-18(19-2)20-9-4-10-24-13-15-7-8-15;/h3,5-6,11,15H,4,7-10,12-13H2,1-2H3,(H,22,23)(H2,19,20,21);1H. The van der Waals surface area contributed by atoms with Crippen LogP contribution in [0.15, 0.2) is 29.3 Å². The molecule has 1 saturated carbocycles. The topological polar surface area (TPSA) is 74.8 Å². The minimum Gasteiger partial charge on any atom is -0.381 e. The number of aliphatic imine (C=N–C) groups is 1. The van der Waals surface area contributed by atoms with Crippen LogP contribution in [0.3, 0.4) is 0 Å². The molecule has 1 aromatic carbocycles. The molecule has 2 rings (SSSR count). The van der Waals surface area contributed by atoms with E-state index in [1.165, 1.54) is 19.8 Å². The summed E-state index contributed by atoms with van der Waals surface area (Å²) in [6.07, 6.45) is 3.63. The van der Waals surface area contributed by atoms with Crippen LogP contribution in [0.25, 0.3) is 0 Å². The lowest BCUT2D eigenvalue weighted by Crippen LogP contribution is -2.37. The third-order valence-corrected chi connectivity index (χ3v) is 3.74. The van der Waals surface area contributed by atoms with E-state index in [4.69, 9.17) is 4.74 Å². The van der Waals surface area contributed by atoms with Gasteiger partial charge < -0.3 is 20.7 Å².